The second-order valence-corrected chi connectivity index (χ2v) is 9.51. The van der Waals surface area contributed by atoms with Gasteiger partial charge < -0.3 is 16.0 Å². The summed E-state index contributed by atoms with van der Waals surface area (Å²) in [4.78, 5) is 33.4. The Morgan fingerprint density at radius 2 is 1.97 bits per heavy atom. The van der Waals surface area contributed by atoms with Gasteiger partial charge in [0.25, 0.3) is 11.8 Å². The van der Waals surface area contributed by atoms with Gasteiger partial charge in [-0.05, 0) is 25.8 Å². The zero-order valence-electron chi connectivity index (χ0n) is 18.6. The number of aromatic nitrogens is 4. The molecular weight excluding hydrogens is 507 g/mol. The molecule has 1 fully saturated rings. The van der Waals surface area contributed by atoms with E-state index in [1.165, 1.54) is 12.4 Å². The van der Waals surface area contributed by atoms with Crippen LogP contribution in [0.2, 0.25) is 5.02 Å². The highest BCUT2D eigenvalue weighted by atomic mass is 35.5. The molecule has 9 nitrogen and oxygen atoms in total. The number of halogens is 4. The van der Waals surface area contributed by atoms with Crippen LogP contribution in [0.4, 0.5) is 19.0 Å². The van der Waals surface area contributed by atoms with Crippen molar-refractivity contribution in [3.63, 3.8) is 0 Å². The van der Waals surface area contributed by atoms with Crippen molar-refractivity contribution in [1.82, 2.24) is 30.4 Å². The van der Waals surface area contributed by atoms with E-state index < -0.39 is 28.7 Å². The number of alkyl halides is 3. The molecule has 3 aromatic heterocycles. The normalized spacial score (nSPS) is 14.6. The average molecular weight is 528 g/mol. The van der Waals surface area contributed by atoms with Crippen molar-refractivity contribution in [3.05, 3.63) is 56.4 Å². The maximum absolute atomic E-state index is 13.0. The average Bonchev–Trinajstić information content (AvgIpc) is 3.34. The van der Waals surface area contributed by atoms with E-state index in [1.807, 2.05) is 0 Å². The number of anilines is 1. The van der Waals surface area contributed by atoms with E-state index in [9.17, 15) is 22.8 Å². The van der Waals surface area contributed by atoms with Crippen LogP contribution < -0.4 is 16.0 Å². The highest BCUT2D eigenvalue weighted by molar-refractivity contribution is 7.13. The Morgan fingerprint density at radius 3 is 2.66 bits per heavy atom. The fourth-order valence-electron chi connectivity index (χ4n) is 3.22. The standard InChI is InChI=1S/C21H21ClF3N7O2S/c1-10(30-18(33)12-6-29-32(2)15(12)8-26-11-3-4-11)20-28-9-16(35-20)19(34)31-17-5-13(21(23,24)25)14(22)7-27-17/h5-7,9-11,26H,3-4,8H2,1-2H3,(H,30,33)(H,27,31,34). The number of nitrogens with one attached hydrogen (secondary N) is 3. The molecule has 0 aromatic carbocycles. The van der Waals surface area contributed by atoms with Gasteiger partial charge in [-0.25, -0.2) is 9.97 Å². The smallest absolute Gasteiger partial charge is 0.343 e. The highest BCUT2D eigenvalue weighted by Crippen LogP contribution is 2.35. The second kappa shape index (κ2) is 9.91. The van der Waals surface area contributed by atoms with E-state index in [0.717, 1.165) is 36.1 Å². The predicted octanol–water partition coefficient (Wildman–Crippen LogP) is 3.94. The third-order valence-corrected chi connectivity index (χ3v) is 6.79. The van der Waals surface area contributed by atoms with E-state index in [2.05, 4.69) is 31.0 Å². The van der Waals surface area contributed by atoms with Crippen LogP contribution in [0.15, 0.2) is 24.7 Å². The Morgan fingerprint density at radius 1 is 1.23 bits per heavy atom. The lowest BCUT2D eigenvalue weighted by atomic mass is 10.2. The first kappa shape index (κ1) is 25.1. The summed E-state index contributed by atoms with van der Waals surface area (Å²) >= 11 is 6.56. The Bertz CT molecular complexity index is 1260. The number of nitrogens with zero attached hydrogens (tertiary/aromatic N) is 4. The summed E-state index contributed by atoms with van der Waals surface area (Å²) in [6.07, 6.45) is 1.16. The molecule has 0 radical (unpaired) electrons. The van der Waals surface area contributed by atoms with E-state index in [4.69, 9.17) is 11.6 Å². The molecule has 3 heterocycles. The van der Waals surface area contributed by atoms with Crippen molar-refractivity contribution in [2.24, 2.45) is 7.05 Å². The molecule has 2 amide bonds. The minimum atomic E-state index is -4.69. The summed E-state index contributed by atoms with van der Waals surface area (Å²) in [6, 6.07) is 0.612. The molecule has 1 saturated carbocycles. The lowest BCUT2D eigenvalue weighted by Crippen LogP contribution is -2.28. The van der Waals surface area contributed by atoms with E-state index in [0.29, 0.717) is 29.2 Å². The van der Waals surface area contributed by atoms with Crippen molar-refractivity contribution in [2.75, 3.05) is 5.32 Å². The number of amides is 2. The maximum Gasteiger partial charge on any atom is 0.418 e. The van der Waals surface area contributed by atoms with Gasteiger partial charge in [0.1, 0.15) is 15.7 Å². The van der Waals surface area contributed by atoms with Gasteiger partial charge in [-0.2, -0.15) is 18.3 Å². The first-order valence-corrected chi connectivity index (χ1v) is 11.8. The number of hydrogen-bond donors (Lipinski definition) is 3. The number of hydrogen-bond acceptors (Lipinski definition) is 7. The van der Waals surface area contributed by atoms with E-state index >= 15 is 0 Å². The molecule has 1 unspecified atom stereocenters. The number of thiazole rings is 1. The molecule has 0 saturated heterocycles. The Hall–Kier alpha value is -3.03. The van der Waals surface area contributed by atoms with Gasteiger partial charge in [0.2, 0.25) is 0 Å². The second-order valence-electron chi connectivity index (χ2n) is 8.04. The molecular formula is C21H21ClF3N7O2S. The Labute approximate surface area is 207 Å². The van der Waals surface area contributed by atoms with Gasteiger partial charge in [-0.3, -0.25) is 14.3 Å². The number of rotatable bonds is 8. The molecule has 14 heteroatoms. The monoisotopic (exact) mass is 527 g/mol. The lowest BCUT2D eigenvalue weighted by molar-refractivity contribution is -0.137. The van der Waals surface area contributed by atoms with Crippen LogP contribution in [0.25, 0.3) is 0 Å². The van der Waals surface area contributed by atoms with Crippen LogP contribution in [0.1, 0.15) is 62.1 Å². The van der Waals surface area contributed by atoms with Crippen molar-refractivity contribution in [1.29, 1.82) is 0 Å². The SMILES string of the molecule is CC(NC(=O)c1cnn(C)c1CNC1CC1)c1ncc(C(=O)Nc2cc(C(F)(F)F)c(Cl)cn2)s1. The van der Waals surface area contributed by atoms with Crippen molar-refractivity contribution in [2.45, 2.75) is 44.6 Å². The minimum absolute atomic E-state index is 0.141. The first-order chi connectivity index (χ1) is 16.5. The van der Waals surface area contributed by atoms with Crippen molar-refractivity contribution >= 4 is 40.6 Å². The molecule has 35 heavy (non-hydrogen) atoms. The third kappa shape index (κ3) is 5.97. The van der Waals surface area contributed by atoms with Gasteiger partial charge in [-0.15, -0.1) is 11.3 Å². The number of carbonyl (C=O) groups excluding carboxylic acids is 2. The molecule has 0 bridgehead atoms. The fraction of sp³-hybridized carbons (Fsp3) is 0.381. The zero-order chi connectivity index (χ0) is 25.3. The van der Waals surface area contributed by atoms with Crippen LogP contribution in [-0.4, -0.2) is 37.6 Å². The van der Waals surface area contributed by atoms with Crippen LogP contribution in [-0.2, 0) is 19.8 Å². The van der Waals surface area contributed by atoms with Gasteiger partial charge in [-0.1, -0.05) is 11.6 Å². The highest BCUT2D eigenvalue weighted by Gasteiger charge is 2.34. The molecule has 1 atom stereocenters. The Balaban J connectivity index is 1.40. The van der Waals surface area contributed by atoms with Gasteiger partial charge in [0.15, 0.2) is 0 Å². The molecule has 0 aliphatic heterocycles. The van der Waals surface area contributed by atoms with Crippen LogP contribution in [0.5, 0.6) is 0 Å². The fourth-order valence-corrected chi connectivity index (χ4v) is 4.25. The third-order valence-electron chi connectivity index (χ3n) is 5.31. The molecule has 3 N–H and O–H groups in total. The first-order valence-electron chi connectivity index (χ1n) is 10.6. The summed E-state index contributed by atoms with van der Waals surface area (Å²) in [5, 5.41) is 12.6. The summed E-state index contributed by atoms with van der Waals surface area (Å²) in [5.41, 5.74) is 0.0960. The van der Waals surface area contributed by atoms with E-state index in [1.54, 1.807) is 18.7 Å². The number of pyridine rings is 1. The van der Waals surface area contributed by atoms with Crippen molar-refractivity contribution < 1.29 is 22.8 Å². The minimum Gasteiger partial charge on any atom is -0.343 e. The molecule has 1 aliphatic rings. The quantitative estimate of drug-likeness (QED) is 0.409. The zero-order valence-corrected chi connectivity index (χ0v) is 20.2. The van der Waals surface area contributed by atoms with Gasteiger partial charge in [0.05, 0.1) is 40.3 Å². The van der Waals surface area contributed by atoms with Gasteiger partial charge >= 0.3 is 6.18 Å². The molecule has 0 spiro atoms. The summed E-state index contributed by atoms with van der Waals surface area (Å²) in [6.45, 7) is 2.24. The topological polar surface area (TPSA) is 114 Å². The summed E-state index contributed by atoms with van der Waals surface area (Å²) in [5.74, 6) is -1.31. The molecule has 1 aliphatic carbocycles. The lowest BCUT2D eigenvalue weighted by Gasteiger charge is -2.12. The largest absolute Gasteiger partial charge is 0.418 e. The summed E-state index contributed by atoms with van der Waals surface area (Å²) < 4.78 is 40.8. The van der Waals surface area contributed by atoms with E-state index in [-0.39, 0.29) is 16.6 Å². The van der Waals surface area contributed by atoms with Crippen LogP contribution >= 0.6 is 22.9 Å². The predicted molar refractivity (Wildman–Crippen MR) is 123 cm³/mol. The van der Waals surface area contributed by atoms with Crippen LogP contribution in [0, 0.1) is 0 Å². The Kier molecular flexibility index (Phi) is 7.10. The number of aryl methyl sites for hydroxylation is 1. The molecule has 186 valence electrons. The molecule has 3 aromatic rings. The molecule has 4 rings (SSSR count). The maximum atomic E-state index is 13.0. The van der Waals surface area contributed by atoms with Crippen molar-refractivity contribution in [3.8, 4) is 0 Å². The number of carbonyl (C=O) groups is 2. The summed E-state index contributed by atoms with van der Waals surface area (Å²) in [7, 11) is 1.77. The van der Waals surface area contributed by atoms with Gasteiger partial charge in [0, 0.05) is 25.8 Å². The van der Waals surface area contributed by atoms with Crippen LogP contribution in [0.3, 0.4) is 0 Å².